The predicted molar refractivity (Wildman–Crippen MR) is 130 cm³/mol. The van der Waals surface area contributed by atoms with E-state index in [0.717, 1.165) is 5.56 Å². The SMILES string of the molecule is COc1nc(NCc2ccnc(N)c2)c2c(=O)oc(-c3cc(O)cc4cccc(F)c34)c(C)c2n1. The predicted octanol–water partition coefficient (Wildman–Crippen LogP) is 4.15. The number of nitrogens with one attached hydrogen (secondary N) is 1. The van der Waals surface area contributed by atoms with Crippen molar-refractivity contribution in [3.63, 3.8) is 0 Å². The molecule has 5 aromatic rings. The molecule has 0 fully saturated rings. The molecule has 2 aromatic carbocycles. The van der Waals surface area contributed by atoms with Crippen molar-refractivity contribution in [2.45, 2.75) is 13.5 Å². The van der Waals surface area contributed by atoms with E-state index in [4.69, 9.17) is 14.9 Å². The first-order valence-electron chi connectivity index (χ1n) is 10.6. The van der Waals surface area contributed by atoms with E-state index < -0.39 is 11.4 Å². The average Bonchev–Trinajstić information content (AvgIpc) is 2.84. The van der Waals surface area contributed by atoms with Gasteiger partial charge >= 0.3 is 11.6 Å². The largest absolute Gasteiger partial charge is 0.508 e. The molecular formula is C25H20FN5O4. The molecule has 3 heterocycles. The Labute approximate surface area is 198 Å². The van der Waals surface area contributed by atoms with Crippen LogP contribution in [0.2, 0.25) is 0 Å². The smallest absolute Gasteiger partial charge is 0.349 e. The summed E-state index contributed by atoms with van der Waals surface area (Å²) in [4.78, 5) is 25.8. The van der Waals surface area contributed by atoms with Gasteiger partial charge in [-0.15, -0.1) is 0 Å². The third kappa shape index (κ3) is 3.95. The molecule has 0 aliphatic rings. The van der Waals surface area contributed by atoms with Gasteiger partial charge in [-0.1, -0.05) is 12.1 Å². The summed E-state index contributed by atoms with van der Waals surface area (Å²) >= 11 is 0. The second-order valence-electron chi connectivity index (χ2n) is 7.90. The number of hydrogen-bond acceptors (Lipinski definition) is 9. The van der Waals surface area contributed by atoms with E-state index in [1.165, 1.54) is 31.4 Å². The number of hydrogen-bond donors (Lipinski definition) is 3. The number of halogens is 1. The van der Waals surface area contributed by atoms with E-state index in [9.17, 15) is 14.3 Å². The van der Waals surface area contributed by atoms with Crippen molar-refractivity contribution in [1.29, 1.82) is 0 Å². The first-order chi connectivity index (χ1) is 16.9. The second-order valence-corrected chi connectivity index (χ2v) is 7.90. The number of benzene rings is 2. The van der Waals surface area contributed by atoms with Crippen molar-refractivity contribution in [2.24, 2.45) is 0 Å². The van der Waals surface area contributed by atoms with Crippen LogP contribution < -0.4 is 21.4 Å². The molecule has 0 saturated heterocycles. The fourth-order valence-corrected chi connectivity index (χ4v) is 4.04. The number of ether oxygens (including phenoxy) is 1. The highest BCUT2D eigenvalue weighted by Crippen LogP contribution is 2.37. The van der Waals surface area contributed by atoms with Gasteiger partial charge in [0.1, 0.15) is 34.3 Å². The topological polar surface area (TPSA) is 136 Å². The molecule has 5 rings (SSSR count). The van der Waals surface area contributed by atoms with Crippen LogP contribution >= 0.6 is 0 Å². The lowest BCUT2D eigenvalue weighted by Crippen LogP contribution is -2.12. The molecule has 10 heteroatoms. The van der Waals surface area contributed by atoms with E-state index in [2.05, 4.69) is 20.3 Å². The van der Waals surface area contributed by atoms with Crippen LogP contribution in [0.1, 0.15) is 11.1 Å². The van der Waals surface area contributed by atoms with Gasteiger partial charge in [-0.3, -0.25) is 0 Å². The highest BCUT2D eigenvalue weighted by molar-refractivity contribution is 6.00. The van der Waals surface area contributed by atoms with Gasteiger partial charge in [0.05, 0.1) is 12.6 Å². The Hall–Kier alpha value is -4.73. The van der Waals surface area contributed by atoms with Gasteiger partial charge < -0.3 is 25.3 Å². The quantitative estimate of drug-likeness (QED) is 0.344. The fourth-order valence-electron chi connectivity index (χ4n) is 4.04. The Morgan fingerprint density at radius 1 is 1.17 bits per heavy atom. The monoisotopic (exact) mass is 473 g/mol. The van der Waals surface area contributed by atoms with Crippen molar-refractivity contribution in [1.82, 2.24) is 15.0 Å². The minimum absolute atomic E-state index is 0.0286. The van der Waals surface area contributed by atoms with Crippen molar-refractivity contribution < 1.29 is 18.7 Å². The van der Waals surface area contributed by atoms with E-state index in [1.54, 1.807) is 31.3 Å². The third-order valence-electron chi connectivity index (χ3n) is 5.63. The summed E-state index contributed by atoms with van der Waals surface area (Å²) in [5.74, 6) is 0.0399. The Morgan fingerprint density at radius 2 is 2.00 bits per heavy atom. The number of phenols is 1. The van der Waals surface area contributed by atoms with Crippen LogP contribution in [0.4, 0.5) is 16.0 Å². The van der Waals surface area contributed by atoms with Crippen LogP contribution in [-0.4, -0.2) is 27.2 Å². The number of nitrogens with two attached hydrogens (primary N) is 1. The summed E-state index contributed by atoms with van der Waals surface area (Å²) in [7, 11) is 1.41. The zero-order valence-electron chi connectivity index (χ0n) is 18.8. The Balaban J connectivity index is 1.72. The number of phenolic OH excluding ortho intramolecular Hbond substituents is 1. The number of nitrogens with zero attached hydrogens (tertiary/aromatic N) is 3. The number of aromatic hydroxyl groups is 1. The lowest BCUT2D eigenvalue weighted by Gasteiger charge is -2.14. The number of aryl methyl sites for hydroxylation is 1. The average molecular weight is 473 g/mol. The maximum atomic E-state index is 14.8. The molecule has 0 atom stereocenters. The first kappa shape index (κ1) is 22.1. The molecule has 176 valence electrons. The van der Waals surface area contributed by atoms with Gasteiger partial charge in [-0.25, -0.2) is 14.2 Å². The number of pyridine rings is 1. The maximum absolute atomic E-state index is 14.8. The van der Waals surface area contributed by atoms with Crippen LogP contribution in [-0.2, 0) is 6.54 Å². The summed E-state index contributed by atoms with van der Waals surface area (Å²) in [5, 5.41) is 14.1. The van der Waals surface area contributed by atoms with Crippen LogP contribution in [0.3, 0.4) is 0 Å². The van der Waals surface area contributed by atoms with Gasteiger partial charge in [-0.05, 0) is 48.2 Å². The van der Waals surface area contributed by atoms with Crippen molar-refractivity contribution in [2.75, 3.05) is 18.2 Å². The van der Waals surface area contributed by atoms with E-state index in [-0.39, 0.29) is 45.2 Å². The Kier molecular flexibility index (Phi) is 5.40. The molecule has 0 aliphatic heterocycles. The lowest BCUT2D eigenvalue weighted by atomic mass is 9.98. The molecule has 0 saturated carbocycles. The maximum Gasteiger partial charge on any atom is 0.349 e. The molecular weight excluding hydrogens is 453 g/mol. The summed E-state index contributed by atoms with van der Waals surface area (Å²) < 4.78 is 25.8. The minimum Gasteiger partial charge on any atom is -0.508 e. The van der Waals surface area contributed by atoms with Crippen LogP contribution in [0.5, 0.6) is 11.8 Å². The number of rotatable bonds is 5. The lowest BCUT2D eigenvalue weighted by molar-refractivity contribution is 0.382. The number of anilines is 2. The minimum atomic E-state index is -0.729. The van der Waals surface area contributed by atoms with Crippen molar-refractivity contribution >= 4 is 33.3 Å². The van der Waals surface area contributed by atoms with E-state index >= 15 is 0 Å². The molecule has 35 heavy (non-hydrogen) atoms. The third-order valence-corrected chi connectivity index (χ3v) is 5.63. The highest BCUT2D eigenvalue weighted by atomic mass is 19.1. The zero-order valence-corrected chi connectivity index (χ0v) is 18.8. The molecule has 0 radical (unpaired) electrons. The summed E-state index contributed by atoms with van der Waals surface area (Å²) in [6.07, 6.45) is 1.58. The molecule has 0 spiro atoms. The fraction of sp³-hybridized carbons (Fsp3) is 0.120. The zero-order chi connectivity index (χ0) is 24.7. The van der Waals surface area contributed by atoms with Crippen molar-refractivity contribution in [3.05, 3.63) is 76.0 Å². The number of nitrogen functional groups attached to an aromatic ring is 1. The van der Waals surface area contributed by atoms with Gasteiger partial charge in [0.2, 0.25) is 0 Å². The molecule has 3 aromatic heterocycles. The summed E-state index contributed by atoms with van der Waals surface area (Å²) in [6.45, 7) is 1.99. The number of fused-ring (bicyclic) bond motifs is 2. The second kappa shape index (κ2) is 8.56. The first-order valence-corrected chi connectivity index (χ1v) is 10.6. The van der Waals surface area contributed by atoms with Crippen LogP contribution in [0, 0.1) is 12.7 Å². The van der Waals surface area contributed by atoms with Gasteiger partial charge in [0, 0.05) is 29.3 Å². The van der Waals surface area contributed by atoms with Gasteiger partial charge in [0.15, 0.2) is 0 Å². The molecule has 0 aliphatic carbocycles. The highest BCUT2D eigenvalue weighted by Gasteiger charge is 2.22. The van der Waals surface area contributed by atoms with Crippen molar-refractivity contribution in [3.8, 4) is 23.1 Å². The van der Waals surface area contributed by atoms with Gasteiger partial charge in [0.25, 0.3) is 0 Å². The molecule has 0 unspecified atom stereocenters. The molecule has 0 bridgehead atoms. The van der Waals surface area contributed by atoms with E-state index in [0.29, 0.717) is 23.3 Å². The molecule has 0 amide bonds. The van der Waals surface area contributed by atoms with Crippen LogP contribution in [0.25, 0.3) is 33.0 Å². The summed E-state index contributed by atoms with van der Waals surface area (Å²) in [5.41, 5.74) is 6.79. The number of aromatic nitrogens is 3. The summed E-state index contributed by atoms with van der Waals surface area (Å²) in [6, 6.07) is 10.8. The Bertz CT molecular complexity index is 1670. The van der Waals surface area contributed by atoms with E-state index in [1.807, 2.05) is 0 Å². The van der Waals surface area contributed by atoms with Gasteiger partial charge in [-0.2, -0.15) is 9.97 Å². The number of methoxy groups -OCH3 is 1. The molecule has 4 N–H and O–H groups in total. The Morgan fingerprint density at radius 3 is 2.77 bits per heavy atom. The normalized spacial score (nSPS) is 11.2. The molecule has 9 nitrogen and oxygen atoms in total. The standard InChI is InChI=1S/C25H20FN5O4/c1-12-21-20(23(31-25(30-21)34-2)29-11-13-6-7-28-18(27)8-13)24(33)35-22(12)16-10-15(32)9-14-4-3-5-17(26)19(14)16/h3-10,32H,11H2,1-2H3,(H2,27,28)(H,29,30,31). The van der Waals surface area contributed by atoms with Crippen LogP contribution in [0.15, 0.2) is 57.9 Å².